The molecule has 0 spiro atoms. The Hall–Kier alpha value is -2.67. The minimum Gasteiger partial charge on any atom is -0.288 e. The molecule has 0 aromatic carbocycles. The molecule has 0 aliphatic carbocycles. The van der Waals surface area contributed by atoms with E-state index in [9.17, 15) is 4.79 Å². The third-order valence-corrected chi connectivity index (χ3v) is 5.41. The predicted molar refractivity (Wildman–Crippen MR) is 99.2 cm³/mol. The number of hydrogen-bond acceptors (Lipinski definition) is 4. The Kier molecular flexibility index (Phi) is 3.80. The maximum absolute atomic E-state index is 12.6. The summed E-state index contributed by atoms with van der Waals surface area (Å²) in [6, 6.07) is 7.63. The lowest BCUT2D eigenvalue weighted by Crippen LogP contribution is -2.18. The Morgan fingerprint density at radius 3 is 2.84 bits per heavy atom. The summed E-state index contributed by atoms with van der Waals surface area (Å²) in [5, 5.41) is 9.54. The van der Waals surface area contributed by atoms with Crippen LogP contribution in [0.5, 0.6) is 0 Å². The van der Waals surface area contributed by atoms with E-state index in [1.54, 1.807) is 23.6 Å². The molecule has 0 unspecified atom stereocenters. The van der Waals surface area contributed by atoms with Gasteiger partial charge >= 0.3 is 0 Å². The topological polar surface area (TPSA) is 68.0 Å². The van der Waals surface area contributed by atoms with Crippen molar-refractivity contribution in [2.24, 2.45) is 0 Å². The average molecular weight is 353 g/mol. The fourth-order valence-corrected chi connectivity index (χ4v) is 3.80. The normalized spacial score (nSPS) is 12.8. The highest BCUT2D eigenvalue weighted by atomic mass is 32.1. The number of fused-ring (bicyclic) bond motifs is 1. The number of H-pyrrole nitrogens is 1. The highest BCUT2D eigenvalue weighted by Gasteiger charge is 2.17. The van der Waals surface area contributed by atoms with Gasteiger partial charge in [0.05, 0.1) is 16.3 Å². The molecule has 128 valence electrons. The molecular formula is C18H19N5OS. The number of aryl methyl sites for hydroxylation is 2. The van der Waals surface area contributed by atoms with Crippen LogP contribution in [0.4, 0.5) is 0 Å². The van der Waals surface area contributed by atoms with Crippen molar-refractivity contribution in [1.82, 2.24) is 24.4 Å². The molecule has 7 heteroatoms. The van der Waals surface area contributed by atoms with Gasteiger partial charge in [-0.25, -0.2) is 9.50 Å². The Balaban J connectivity index is 1.77. The van der Waals surface area contributed by atoms with Crippen LogP contribution in [0.25, 0.3) is 16.2 Å². The highest BCUT2D eigenvalue weighted by molar-refractivity contribution is 7.13. The highest BCUT2D eigenvalue weighted by Crippen LogP contribution is 2.28. The second kappa shape index (κ2) is 6.00. The fraction of sp³-hybridized carbons (Fsp3) is 0.278. The minimum atomic E-state index is -0.0880. The number of thiophene rings is 1. The zero-order valence-electron chi connectivity index (χ0n) is 14.4. The van der Waals surface area contributed by atoms with Crippen LogP contribution in [-0.4, -0.2) is 24.4 Å². The molecule has 1 N–H and O–H groups in total. The SMILES string of the molecule is Cc1c(-c2cccs2)[nH]n2c(=O)cc([C@@H](C)Cn3nccc3C)nc12. The first-order valence-electron chi connectivity index (χ1n) is 8.19. The average Bonchev–Trinajstić information content (AvgIpc) is 3.30. The molecule has 0 saturated heterocycles. The summed E-state index contributed by atoms with van der Waals surface area (Å²) >= 11 is 1.64. The number of nitrogens with one attached hydrogen (secondary N) is 1. The Labute approximate surface area is 148 Å². The maximum atomic E-state index is 12.6. The Bertz CT molecular complexity index is 1090. The Morgan fingerprint density at radius 2 is 2.16 bits per heavy atom. The lowest BCUT2D eigenvalue weighted by molar-refractivity contribution is 0.523. The van der Waals surface area contributed by atoms with Crippen molar-refractivity contribution >= 4 is 17.0 Å². The van der Waals surface area contributed by atoms with Gasteiger partial charge in [0, 0.05) is 36.0 Å². The summed E-state index contributed by atoms with van der Waals surface area (Å²) in [6.45, 7) is 6.79. The van der Waals surface area contributed by atoms with Gasteiger partial charge in [-0.3, -0.25) is 14.6 Å². The summed E-state index contributed by atoms with van der Waals surface area (Å²) in [4.78, 5) is 18.5. The second-order valence-electron chi connectivity index (χ2n) is 6.32. The van der Waals surface area contributed by atoms with Crippen LogP contribution in [0.2, 0.25) is 0 Å². The standard InChI is InChI=1S/C18H19N5OS/c1-11(10-22-12(2)6-7-19-22)14-9-16(24)23-18(20-14)13(3)17(21-23)15-5-4-8-25-15/h4-9,11,21H,10H2,1-3H3/t11-/m0/s1. The summed E-state index contributed by atoms with van der Waals surface area (Å²) in [6.07, 6.45) is 1.79. The molecule has 0 amide bonds. The van der Waals surface area contributed by atoms with Crippen molar-refractivity contribution in [3.8, 4) is 10.6 Å². The van der Waals surface area contributed by atoms with E-state index in [2.05, 4.69) is 17.1 Å². The molecule has 4 heterocycles. The molecule has 6 nitrogen and oxygen atoms in total. The van der Waals surface area contributed by atoms with Crippen LogP contribution in [0.15, 0.2) is 40.6 Å². The van der Waals surface area contributed by atoms with Crippen molar-refractivity contribution in [2.75, 3.05) is 0 Å². The van der Waals surface area contributed by atoms with E-state index in [0.717, 1.165) is 27.5 Å². The van der Waals surface area contributed by atoms with Crippen LogP contribution in [0.3, 0.4) is 0 Å². The summed E-state index contributed by atoms with van der Waals surface area (Å²) < 4.78 is 3.47. The molecule has 0 saturated carbocycles. The van der Waals surface area contributed by atoms with Crippen molar-refractivity contribution in [2.45, 2.75) is 33.2 Å². The molecule has 4 aromatic rings. The minimum absolute atomic E-state index is 0.0880. The lowest BCUT2D eigenvalue weighted by Gasteiger charge is -2.12. The van der Waals surface area contributed by atoms with E-state index in [4.69, 9.17) is 4.98 Å². The summed E-state index contributed by atoms with van der Waals surface area (Å²) in [5.41, 5.74) is 4.43. The number of nitrogens with zero attached hydrogens (tertiary/aromatic N) is 4. The molecule has 0 bridgehead atoms. The third kappa shape index (κ3) is 2.70. The fourth-order valence-electron chi connectivity index (χ4n) is 3.02. The van der Waals surface area contributed by atoms with E-state index in [0.29, 0.717) is 12.2 Å². The summed E-state index contributed by atoms with van der Waals surface area (Å²) in [5.74, 6) is 0.0933. The van der Waals surface area contributed by atoms with Gasteiger partial charge in [0.15, 0.2) is 5.65 Å². The monoisotopic (exact) mass is 353 g/mol. The van der Waals surface area contributed by atoms with E-state index in [1.165, 1.54) is 4.52 Å². The Morgan fingerprint density at radius 1 is 1.32 bits per heavy atom. The van der Waals surface area contributed by atoms with Gasteiger partial charge in [-0.2, -0.15) is 5.10 Å². The van der Waals surface area contributed by atoms with Crippen LogP contribution in [-0.2, 0) is 6.54 Å². The molecule has 0 fully saturated rings. The second-order valence-corrected chi connectivity index (χ2v) is 7.27. The van der Waals surface area contributed by atoms with Crippen LogP contribution in [0.1, 0.15) is 29.8 Å². The van der Waals surface area contributed by atoms with Crippen molar-refractivity contribution < 1.29 is 0 Å². The zero-order chi connectivity index (χ0) is 17.6. The molecule has 25 heavy (non-hydrogen) atoms. The summed E-state index contributed by atoms with van der Waals surface area (Å²) in [7, 11) is 0. The van der Waals surface area contributed by atoms with E-state index < -0.39 is 0 Å². The molecule has 4 aromatic heterocycles. The smallest absolute Gasteiger partial charge is 0.272 e. The van der Waals surface area contributed by atoms with Crippen LogP contribution in [0, 0.1) is 13.8 Å². The van der Waals surface area contributed by atoms with Crippen LogP contribution >= 0.6 is 11.3 Å². The van der Waals surface area contributed by atoms with Crippen molar-refractivity contribution in [1.29, 1.82) is 0 Å². The largest absolute Gasteiger partial charge is 0.288 e. The van der Waals surface area contributed by atoms with Gasteiger partial charge in [-0.1, -0.05) is 13.0 Å². The molecule has 0 aliphatic rings. The van der Waals surface area contributed by atoms with E-state index in [1.807, 2.05) is 42.1 Å². The van der Waals surface area contributed by atoms with Gasteiger partial charge in [-0.15, -0.1) is 11.3 Å². The molecule has 0 radical (unpaired) electrons. The molecule has 4 rings (SSSR count). The molecular weight excluding hydrogens is 334 g/mol. The third-order valence-electron chi connectivity index (χ3n) is 4.52. The zero-order valence-corrected chi connectivity index (χ0v) is 15.2. The number of hydrogen-bond donors (Lipinski definition) is 1. The van der Waals surface area contributed by atoms with Gasteiger partial charge in [-0.05, 0) is 31.4 Å². The lowest BCUT2D eigenvalue weighted by atomic mass is 10.1. The number of rotatable bonds is 4. The van der Waals surface area contributed by atoms with Crippen molar-refractivity contribution in [3.05, 3.63) is 63.1 Å². The molecule has 1 atom stereocenters. The number of aromatic nitrogens is 5. The van der Waals surface area contributed by atoms with Gasteiger partial charge < -0.3 is 0 Å². The molecule has 0 aliphatic heterocycles. The van der Waals surface area contributed by atoms with Crippen LogP contribution < -0.4 is 5.56 Å². The van der Waals surface area contributed by atoms with Gasteiger partial charge in [0.1, 0.15) is 0 Å². The van der Waals surface area contributed by atoms with E-state index in [-0.39, 0.29) is 11.5 Å². The first-order valence-corrected chi connectivity index (χ1v) is 9.07. The quantitative estimate of drug-likeness (QED) is 0.612. The predicted octanol–water partition coefficient (Wildman–Crippen LogP) is 3.37. The first kappa shape index (κ1) is 15.8. The maximum Gasteiger partial charge on any atom is 0.272 e. The van der Waals surface area contributed by atoms with E-state index >= 15 is 0 Å². The van der Waals surface area contributed by atoms with Gasteiger partial charge in [0.2, 0.25) is 0 Å². The van der Waals surface area contributed by atoms with Crippen molar-refractivity contribution in [3.63, 3.8) is 0 Å². The van der Waals surface area contributed by atoms with Gasteiger partial charge in [0.25, 0.3) is 5.56 Å². The first-order chi connectivity index (χ1) is 12.0. The number of aromatic amines is 1.